The Morgan fingerprint density at radius 3 is 2.75 bits per heavy atom. The first-order valence-corrected chi connectivity index (χ1v) is 7.11. The third kappa shape index (κ3) is 4.06. The molecule has 1 aromatic carbocycles. The van der Waals surface area contributed by atoms with Gasteiger partial charge in [0.2, 0.25) is 5.91 Å². The van der Waals surface area contributed by atoms with Gasteiger partial charge in [-0.15, -0.1) is 0 Å². The fraction of sp³-hybridized carbons (Fsp3) is 0.200. The molecule has 0 atom stereocenters. The summed E-state index contributed by atoms with van der Waals surface area (Å²) in [6.45, 7) is 0.623. The molecule has 0 unspecified atom stereocenters. The van der Waals surface area contributed by atoms with E-state index in [9.17, 15) is 4.79 Å². The van der Waals surface area contributed by atoms with Gasteiger partial charge in [0.25, 0.3) is 0 Å². The second-order valence-corrected chi connectivity index (χ2v) is 5.24. The minimum atomic E-state index is 0.000941. The Hall–Kier alpha value is -1.88. The molecule has 104 valence electrons. The van der Waals surface area contributed by atoms with Gasteiger partial charge in [-0.05, 0) is 39.7 Å². The number of pyridine rings is 1. The first-order chi connectivity index (χ1) is 9.69. The maximum atomic E-state index is 11.5. The molecule has 0 aliphatic carbocycles. The summed E-state index contributed by atoms with van der Waals surface area (Å²) in [6, 6.07) is 11.7. The van der Waals surface area contributed by atoms with E-state index in [4.69, 9.17) is 0 Å². The quantitative estimate of drug-likeness (QED) is 0.884. The smallest absolute Gasteiger partial charge is 0.224 e. The van der Waals surface area contributed by atoms with Crippen LogP contribution in [0, 0.1) is 0 Å². The van der Waals surface area contributed by atoms with Gasteiger partial charge in [-0.3, -0.25) is 9.78 Å². The number of anilines is 1. The van der Waals surface area contributed by atoms with Crippen molar-refractivity contribution < 1.29 is 4.79 Å². The maximum absolute atomic E-state index is 11.5. The van der Waals surface area contributed by atoms with E-state index >= 15 is 0 Å². The summed E-state index contributed by atoms with van der Waals surface area (Å²) in [6.07, 6.45) is 2.14. The molecule has 0 fully saturated rings. The lowest BCUT2D eigenvalue weighted by Crippen LogP contribution is -2.20. The van der Waals surface area contributed by atoms with Crippen molar-refractivity contribution >= 4 is 27.5 Å². The van der Waals surface area contributed by atoms with E-state index in [1.165, 1.54) is 0 Å². The lowest BCUT2D eigenvalue weighted by molar-refractivity contribution is -0.119. The summed E-state index contributed by atoms with van der Waals surface area (Å²) in [5.41, 5.74) is 2.88. The number of hydrogen-bond acceptors (Lipinski definition) is 3. The average Bonchev–Trinajstić information content (AvgIpc) is 2.48. The summed E-state index contributed by atoms with van der Waals surface area (Å²) < 4.78 is 0.960. The fourth-order valence-electron chi connectivity index (χ4n) is 1.81. The largest absolute Gasteiger partial charge is 0.379 e. The standard InChI is InChI=1S/C15H16BrN3O/c1-17-15(20)8-11-4-2-3-5-14(11)19-10-13-7-6-12(16)9-18-13/h2-7,9,19H,8,10H2,1H3,(H,17,20). The van der Waals surface area contributed by atoms with E-state index in [0.29, 0.717) is 13.0 Å². The zero-order chi connectivity index (χ0) is 14.4. The SMILES string of the molecule is CNC(=O)Cc1ccccc1NCc1ccc(Br)cn1. The first kappa shape index (κ1) is 14.5. The fourth-order valence-corrected chi connectivity index (χ4v) is 2.04. The number of nitrogens with one attached hydrogen (secondary N) is 2. The Morgan fingerprint density at radius 1 is 1.25 bits per heavy atom. The average molecular weight is 334 g/mol. The van der Waals surface area contributed by atoms with Gasteiger partial charge < -0.3 is 10.6 Å². The molecule has 0 bridgehead atoms. The molecular weight excluding hydrogens is 318 g/mol. The molecule has 0 aliphatic rings. The van der Waals surface area contributed by atoms with Crippen LogP contribution in [0.25, 0.3) is 0 Å². The highest BCUT2D eigenvalue weighted by Gasteiger charge is 2.06. The van der Waals surface area contributed by atoms with Crippen molar-refractivity contribution in [2.24, 2.45) is 0 Å². The summed E-state index contributed by atoms with van der Waals surface area (Å²) in [7, 11) is 1.64. The van der Waals surface area contributed by atoms with Crippen molar-refractivity contribution in [1.82, 2.24) is 10.3 Å². The molecule has 1 amide bonds. The molecule has 0 aliphatic heterocycles. The van der Waals surface area contributed by atoms with Gasteiger partial charge in [0.1, 0.15) is 0 Å². The number of para-hydroxylation sites is 1. The number of rotatable bonds is 5. The van der Waals surface area contributed by atoms with Crippen LogP contribution in [0.4, 0.5) is 5.69 Å². The highest BCUT2D eigenvalue weighted by molar-refractivity contribution is 9.10. The zero-order valence-corrected chi connectivity index (χ0v) is 12.8. The van der Waals surface area contributed by atoms with Crippen molar-refractivity contribution in [2.45, 2.75) is 13.0 Å². The number of nitrogens with zero attached hydrogens (tertiary/aromatic N) is 1. The van der Waals surface area contributed by atoms with Crippen LogP contribution in [0.1, 0.15) is 11.3 Å². The molecule has 20 heavy (non-hydrogen) atoms. The molecule has 0 spiro atoms. The maximum Gasteiger partial charge on any atom is 0.224 e. The lowest BCUT2D eigenvalue weighted by Gasteiger charge is -2.11. The molecule has 0 radical (unpaired) electrons. The van der Waals surface area contributed by atoms with Crippen LogP contribution in [0.15, 0.2) is 47.1 Å². The highest BCUT2D eigenvalue weighted by Crippen LogP contribution is 2.17. The first-order valence-electron chi connectivity index (χ1n) is 6.32. The Balaban J connectivity index is 2.05. The number of hydrogen-bond donors (Lipinski definition) is 2. The van der Waals surface area contributed by atoms with Gasteiger partial charge in [0, 0.05) is 23.4 Å². The van der Waals surface area contributed by atoms with Crippen LogP contribution in [-0.4, -0.2) is 17.9 Å². The zero-order valence-electron chi connectivity index (χ0n) is 11.2. The van der Waals surface area contributed by atoms with E-state index in [-0.39, 0.29) is 5.91 Å². The Bertz CT molecular complexity index is 584. The molecule has 2 aromatic rings. The number of benzene rings is 1. The van der Waals surface area contributed by atoms with Crippen LogP contribution in [-0.2, 0) is 17.8 Å². The normalized spacial score (nSPS) is 10.1. The second kappa shape index (κ2) is 7.05. The minimum absolute atomic E-state index is 0.000941. The molecule has 2 N–H and O–H groups in total. The Morgan fingerprint density at radius 2 is 2.05 bits per heavy atom. The summed E-state index contributed by atoms with van der Waals surface area (Å²) in [5.74, 6) is 0.000941. The van der Waals surface area contributed by atoms with Crippen LogP contribution in [0.3, 0.4) is 0 Å². The van der Waals surface area contributed by atoms with Crippen LogP contribution in [0.5, 0.6) is 0 Å². The number of amides is 1. The van der Waals surface area contributed by atoms with E-state index in [1.54, 1.807) is 13.2 Å². The van der Waals surface area contributed by atoms with Crippen LogP contribution in [0.2, 0.25) is 0 Å². The molecule has 1 heterocycles. The van der Waals surface area contributed by atoms with E-state index in [1.807, 2.05) is 36.4 Å². The molecule has 5 heteroatoms. The van der Waals surface area contributed by atoms with Gasteiger partial charge >= 0.3 is 0 Å². The predicted molar refractivity (Wildman–Crippen MR) is 83.5 cm³/mol. The van der Waals surface area contributed by atoms with Crippen molar-refractivity contribution in [1.29, 1.82) is 0 Å². The van der Waals surface area contributed by atoms with E-state index < -0.39 is 0 Å². The van der Waals surface area contributed by atoms with E-state index in [0.717, 1.165) is 21.4 Å². The third-order valence-corrected chi connectivity index (χ3v) is 3.36. The van der Waals surface area contributed by atoms with Crippen molar-refractivity contribution in [3.05, 3.63) is 58.3 Å². The van der Waals surface area contributed by atoms with Gasteiger partial charge in [-0.2, -0.15) is 0 Å². The van der Waals surface area contributed by atoms with Gasteiger partial charge in [-0.25, -0.2) is 0 Å². The molecule has 4 nitrogen and oxygen atoms in total. The second-order valence-electron chi connectivity index (χ2n) is 4.33. The molecule has 2 rings (SSSR count). The highest BCUT2D eigenvalue weighted by atomic mass is 79.9. The predicted octanol–water partition coefficient (Wildman–Crippen LogP) is 2.74. The number of aromatic nitrogens is 1. The molecule has 1 aromatic heterocycles. The van der Waals surface area contributed by atoms with Crippen molar-refractivity contribution in [3.63, 3.8) is 0 Å². The third-order valence-electron chi connectivity index (χ3n) is 2.90. The van der Waals surface area contributed by atoms with Crippen LogP contribution < -0.4 is 10.6 Å². The number of halogens is 1. The number of carbonyl (C=O) groups excluding carboxylic acids is 1. The van der Waals surface area contributed by atoms with Gasteiger partial charge in [0.15, 0.2) is 0 Å². The Kier molecular flexibility index (Phi) is 5.12. The molecule has 0 saturated heterocycles. The molecule has 0 saturated carbocycles. The number of carbonyl (C=O) groups is 1. The van der Waals surface area contributed by atoms with Crippen LogP contribution >= 0.6 is 15.9 Å². The topological polar surface area (TPSA) is 54.0 Å². The van der Waals surface area contributed by atoms with Crippen molar-refractivity contribution in [3.8, 4) is 0 Å². The van der Waals surface area contributed by atoms with Crippen molar-refractivity contribution in [2.75, 3.05) is 12.4 Å². The van der Waals surface area contributed by atoms with E-state index in [2.05, 4.69) is 31.5 Å². The minimum Gasteiger partial charge on any atom is -0.379 e. The summed E-state index contributed by atoms with van der Waals surface area (Å²) >= 11 is 3.36. The van der Waals surface area contributed by atoms with Gasteiger partial charge in [-0.1, -0.05) is 18.2 Å². The Labute approximate surface area is 126 Å². The summed E-state index contributed by atoms with van der Waals surface area (Å²) in [4.78, 5) is 15.8. The monoisotopic (exact) mass is 333 g/mol. The molecular formula is C15H16BrN3O. The number of likely N-dealkylation sites (N-methyl/N-ethyl adjacent to an activating group) is 1. The summed E-state index contributed by atoms with van der Waals surface area (Å²) in [5, 5.41) is 5.96. The van der Waals surface area contributed by atoms with Gasteiger partial charge in [0.05, 0.1) is 18.7 Å². The lowest BCUT2D eigenvalue weighted by atomic mass is 10.1.